The third-order valence-electron chi connectivity index (χ3n) is 17.2. The number of thioether (sulfide) groups is 1. The first-order chi connectivity index (χ1) is 66.4. The SMILES string of the molecule is C.CC.CC.CC.CC.CC.CC.CC.CC.CC.CC.CC.CC.CO.COc1nc2ccccc2cc1Cc1ccccc1.CSc1nc2ccccc2cc1Cc1ccccc1.Clc1nc2ccccc2cc1Cc1ccccc1.Nc1ccccc1.O=C(CCc1ccccc1)Nc1ccccc1.O=C(Cl)CCc1ccccc1.S=c1[nH]c2ccccc2cc1Cc1ccccc1. The topological polar surface area (TPSA) is 156 Å². The number of aliphatic hydroxyl groups excluding tert-OH is 1. The van der Waals surface area contributed by atoms with Crippen LogP contribution in [0.2, 0.25) is 5.15 Å². The van der Waals surface area contributed by atoms with Gasteiger partial charge in [0.15, 0.2) is 0 Å². The number of fused-ring (bicyclic) bond motifs is 4. The van der Waals surface area contributed by atoms with E-state index in [1.165, 1.54) is 49.7 Å². The number of methoxy groups -OCH3 is 1. The third-order valence-corrected chi connectivity index (χ3v) is 18.9. The molecular formula is C122H166Cl2N6O4S2. The van der Waals surface area contributed by atoms with Gasteiger partial charge in [0.25, 0.3) is 0 Å². The molecule has 0 radical (unpaired) electrons. The zero-order chi connectivity index (χ0) is 102. The van der Waals surface area contributed by atoms with E-state index in [0.29, 0.717) is 23.9 Å². The molecule has 16 rings (SSSR count). The number of nitrogens with two attached hydrogens (primary N) is 1. The third kappa shape index (κ3) is 56.5. The van der Waals surface area contributed by atoms with Crippen molar-refractivity contribution >= 4 is 113 Å². The Morgan fingerprint density at radius 2 is 0.640 bits per heavy atom. The fourth-order valence-corrected chi connectivity index (χ4v) is 12.9. The lowest BCUT2D eigenvalue weighted by atomic mass is 10.0. The smallest absolute Gasteiger partial charge is 0.224 e. The first kappa shape index (κ1) is 133. The number of benzene rings is 12. The van der Waals surface area contributed by atoms with Crippen LogP contribution in [0.4, 0.5) is 11.4 Å². The number of nitrogens with one attached hydrogen (secondary N) is 2. The lowest BCUT2D eigenvalue weighted by Gasteiger charge is -2.09. The molecule has 12 aromatic carbocycles. The second-order valence-electron chi connectivity index (χ2n) is 25.3. The molecule has 0 spiro atoms. The van der Waals surface area contributed by atoms with Gasteiger partial charge in [-0.3, -0.25) is 9.59 Å². The standard InChI is InChI=1S/C17H15NO.C17H15NS.C16H12ClN.C16H13NS.C15H15NO.C9H9ClO.C6H7N.12C2H6.CH4O.CH4/c2*1-19-17-15(11-13-7-3-2-4-8-13)12-14-9-5-6-10-16(14)18-17;17-16-14(10-12-6-2-1-3-7-12)11-13-8-4-5-9-15(13)18-16;18-16-14(10-12-6-2-1-3-7-12)11-13-8-4-5-9-15(13)17-16;17-15(16-14-9-5-2-6-10-14)12-11-13-7-3-1-4-8-13;10-9(11)7-6-8-4-2-1-3-5-8;7-6-4-2-1-3-5-6;13*1-2;/h2*2-10,12H,11H2,1H3;1-9,11H,10H2;1-9,11H,10H2,(H,17,18);1-10H,11-12H2,(H,16,17);1-5H,6-7H2;1-5H,7H2;12*1-2H3;2H,1H3;1H4. The normalized spacial score (nSPS) is 8.84. The molecule has 16 aromatic rings. The van der Waals surface area contributed by atoms with Crippen LogP contribution in [0.1, 0.15) is 242 Å². The number of amides is 1. The minimum atomic E-state index is -0.270. The van der Waals surface area contributed by atoms with Crippen LogP contribution in [0.15, 0.2) is 369 Å². The number of rotatable bonds is 17. The van der Waals surface area contributed by atoms with E-state index in [2.05, 4.69) is 184 Å². The maximum absolute atomic E-state index is 11.7. The van der Waals surface area contributed by atoms with Gasteiger partial charge in [-0.25, -0.2) is 15.0 Å². The van der Waals surface area contributed by atoms with E-state index in [9.17, 15) is 9.59 Å². The summed E-state index contributed by atoms with van der Waals surface area (Å²) in [6.07, 6.45) is 8.01. The van der Waals surface area contributed by atoms with Gasteiger partial charge in [0.05, 0.1) is 28.7 Å². The lowest BCUT2D eigenvalue weighted by Crippen LogP contribution is -2.12. The van der Waals surface area contributed by atoms with Gasteiger partial charge in [0, 0.05) is 84.2 Å². The number of anilines is 2. The monoisotopic (exact) mass is 1910 g/mol. The number of aromatic nitrogens is 4. The molecule has 0 saturated carbocycles. The quantitative estimate of drug-likeness (QED) is 0.0228. The number of aryl methyl sites for hydroxylation is 2. The average Bonchev–Trinajstić information content (AvgIpc) is 0.825. The number of carbonyl (C=O) groups excluding carboxylic acids is 2. The number of nitrogens with zero attached hydrogens (tertiary/aromatic N) is 3. The Balaban J connectivity index is -0.000000475. The molecule has 4 aromatic heterocycles. The number of nitrogen functional groups attached to an aromatic ring is 1. The molecule has 0 fully saturated rings. The highest BCUT2D eigenvalue weighted by Gasteiger charge is 2.11. The van der Waals surface area contributed by atoms with E-state index >= 15 is 0 Å². The van der Waals surface area contributed by atoms with Gasteiger partial charge in [0.2, 0.25) is 17.0 Å². The maximum Gasteiger partial charge on any atom is 0.224 e. The molecule has 1 amide bonds. The summed E-state index contributed by atoms with van der Waals surface area (Å²) >= 11 is 18.6. The molecule has 4 heterocycles. The van der Waals surface area contributed by atoms with Crippen molar-refractivity contribution in [3.05, 3.63) is 429 Å². The fourth-order valence-electron chi connectivity index (χ4n) is 11.7. The summed E-state index contributed by atoms with van der Waals surface area (Å²) < 4.78 is 6.25. The Hall–Kier alpha value is -11.9. The average molecular weight is 1920 g/mol. The molecule has 0 aliphatic carbocycles. The second kappa shape index (κ2) is 92.2. The summed E-state index contributed by atoms with van der Waals surface area (Å²) in [5.41, 5.74) is 23.2. The van der Waals surface area contributed by atoms with Gasteiger partial charge in [-0.15, -0.1) is 11.8 Å². The largest absolute Gasteiger partial charge is 0.481 e. The van der Waals surface area contributed by atoms with Crippen molar-refractivity contribution in [3.8, 4) is 5.88 Å². The Bertz CT molecular complexity index is 5370. The van der Waals surface area contributed by atoms with Crippen molar-refractivity contribution in [1.29, 1.82) is 0 Å². The summed E-state index contributed by atoms with van der Waals surface area (Å²) in [6.45, 7) is 48.0. The van der Waals surface area contributed by atoms with Crippen molar-refractivity contribution in [2.24, 2.45) is 0 Å². The number of aromatic amines is 1. The van der Waals surface area contributed by atoms with Gasteiger partial charge < -0.3 is 25.9 Å². The predicted octanol–water partition coefficient (Wildman–Crippen LogP) is 36.8. The van der Waals surface area contributed by atoms with E-state index in [4.69, 9.17) is 56.0 Å². The molecule has 0 atom stereocenters. The van der Waals surface area contributed by atoms with Crippen LogP contribution in [-0.4, -0.2) is 56.7 Å². The molecule has 0 aliphatic heterocycles. The first-order valence-electron chi connectivity index (χ1n) is 48.4. The second-order valence-corrected chi connectivity index (χ2v) is 27.3. The van der Waals surface area contributed by atoms with Gasteiger partial charge in [-0.05, 0) is 159 Å². The summed E-state index contributed by atoms with van der Waals surface area (Å²) in [4.78, 5) is 39.1. The van der Waals surface area contributed by atoms with Crippen molar-refractivity contribution in [2.45, 2.75) is 230 Å². The number of H-pyrrole nitrogens is 1. The Morgan fingerprint density at radius 3 is 1.00 bits per heavy atom. The number of aliphatic hydroxyl groups is 1. The fraction of sp³-hybridized carbons (Fsp3) is 0.295. The summed E-state index contributed by atoms with van der Waals surface area (Å²) in [5, 5.41) is 16.0. The Labute approximate surface area is 843 Å². The van der Waals surface area contributed by atoms with Crippen molar-refractivity contribution in [2.75, 3.05) is 31.5 Å². The van der Waals surface area contributed by atoms with Crippen LogP contribution >= 0.6 is 47.2 Å². The number of hydrogen-bond donors (Lipinski definition) is 4. The Morgan fingerprint density at radius 1 is 0.360 bits per heavy atom. The molecular weight excluding hydrogens is 1750 g/mol. The van der Waals surface area contributed by atoms with Crippen LogP contribution in [0.3, 0.4) is 0 Å². The molecule has 136 heavy (non-hydrogen) atoms. The number of halogens is 2. The first-order valence-corrected chi connectivity index (χ1v) is 50.8. The summed E-state index contributed by atoms with van der Waals surface area (Å²) in [5.74, 6) is 0.766. The molecule has 0 saturated heterocycles. The van der Waals surface area contributed by atoms with E-state index in [1.54, 1.807) is 18.9 Å². The Kier molecular flexibility index (Phi) is 89.9. The van der Waals surface area contributed by atoms with Crippen molar-refractivity contribution < 1.29 is 19.4 Å². The van der Waals surface area contributed by atoms with Crippen LogP contribution in [-0.2, 0) is 48.1 Å². The molecule has 734 valence electrons. The highest BCUT2D eigenvalue weighted by Crippen LogP contribution is 2.28. The molecule has 14 heteroatoms. The van der Waals surface area contributed by atoms with Crippen LogP contribution in [0.25, 0.3) is 43.6 Å². The molecule has 0 aliphatic rings. The van der Waals surface area contributed by atoms with Crippen LogP contribution in [0.5, 0.6) is 5.88 Å². The number of carbonyl (C=O) groups is 2. The number of hydrogen-bond acceptors (Lipinski definition) is 10. The van der Waals surface area contributed by atoms with E-state index in [-0.39, 0.29) is 18.6 Å². The molecule has 0 bridgehead atoms. The number of para-hydroxylation sites is 6. The highest BCUT2D eigenvalue weighted by atomic mass is 35.5. The highest BCUT2D eigenvalue weighted by molar-refractivity contribution is 7.98. The lowest BCUT2D eigenvalue weighted by molar-refractivity contribution is -0.116. The number of pyridine rings is 4. The molecule has 10 nitrogen and oxygen atoms in total. The van der Waals surface area contributed by atoms with Crippen LogP contribution in [0, 0.1) is 4.64 Å². The zero-order valence-electron chi connectivity index (χ0n) is 86.5. The van der Waals surface area contributed by atoms with E-state index in [1.807, 2.05) is 372 Å². The van der Waals surface area contributed by atoms with Gasteiger partial charge >= 0.3 is 0 Å². The minimum absolute atomic E-state index is 0. The maximum atomic E-state index is 11.7. The van der Waals surface area contributed by atoms with Crippen molar-refractivity contribution in [3.63, 3.8) is 0 Å². The van der Waals surface area contributed by atoms with Gasteiger partial charge in [-0.1, -0.05) is 489 Å². The predicted molar refractivity (Wildman–Crippen MR) is 612 cm³/mol. The number of ether oxygens (including phenoxy) is 1. The van der Waals surface area contributed by atoms with E-state index in [0.717, 1.165) is 116 Å². The van der Waals surface area contributed by atoms with Crippen LogP contribution < -0.4 is 15.8 Å². The summed E-state index contributed by atoms with van der Waals surface area (Å²) in [6, 6.07) is 122. The van der Waals surface area contributed by atoms with Crippen molar-refractivity contribution in [1.82, 2.24) is 19.9 Å². The van der Waals surface area contributed by atoms with Gasteiger partial charge in [-0.2, -0.15) is 0 Å². The minimum Gasteiger partial charge on any atom is -0.481 e. The van der Waals surface area contributed by atoms with E-state index < -0.39 is 0 Å². The molecule has 5 N–H and O–H groups in total. The van der Waals surface area contributed by atoms with Gasteiger partial charge in [0.1, 0.15) is 9.79 Å². The zero-order valence-corrected chi connectivity index (χ0v) is 89.6. The molecule has 0 unspecified atom stereocenters. The summed E-state index contributed by atoms with van der Waals surface area (Å²) in [7, 11) is 2.67.